The molecule has 0 saturated heterocycles. The zero-order chi connectivity index (χ0) is 24.7. The van der Waals surface area contributed by atoms with Crippen LogP contribution in [0.5, 0.6) is 5.75 Å². The Morgan fingerprint density at radius 3 is 2.32 bits per heavy atom. The standard InChI is InChI=1S/C26H20I2N2O4/c1-16-4-3-5-17(10-16)15-34-24-22(27)12-18(13-23(24)28)11-20(14-29)25(31)30-21-8-6-19(7-9-21)26(32)33-2/h3-13H,15H2,1-2H3,(H,30,31)/b20-11+. The summed E-state index contributed by atoms with van der Waals surface area (Å²) in [5.74, 6) is -0.252. The maximum absolute atomic E-state index is 12.6. The van der Waals surface area contributed by atoms with Gasteiger partial charge in [-0.15, -0.1) is 0 Å². The first-order valence-corrected chi connectivity index (χ1v) is 12.3. The maximum Gasteiger partial charge on any atom is 0.337 e. The number of nitriles is 1. The van der Waals surface area contributed by atoms with E-state index in [9.17, 15) is 14.9 Å². The van der Waals surface area contributed by atoms with E-state index < -0.39 is 11.9 Å². The summed E-state index contributed by atoms with van der Waals surface area (Å²) in [6.45, 7) is 2.49. The van der Waals surface area contributed by atoms with Crippen LogP contribution in [0.4, 0.5) is 5.69 Å². The summed E-state index contributed by atoms with van der Waals surface area (Å²) in [7, 11) is 1.30. The van der Waals surface area contributed by atoms with E-state index in [0.717, 1.165) is 18.5 Å². The second-order valence-electron chi connectivity index (χ2n) is 7.28. The van der Waals surface area contributed by atoms with Crippen LogP contribution in [0, 0.1) is 25.4 Å². The Kier molecular flexibility index (Phi) is 9.06. The number of rotatable bonds is 7. The third kappa shape index (κ3) is 6.80. The molecule has 6 nitrogen and oxygen atoms in total. The van der Waals surface area contributed by atoms with Crippen LogP contribution in [-0.4, -0.2) is 19.0 Å². The molecule has 3 aromatic carbocycles. The molecule has 0 aliphatic rings. The summed E-state index contributed by atoms with van der Waals surface area (Å²) in [5, 5.41) is 12.2. The highest BCUT2D eigenvalue weighted by Crippen LogP contribution is 2.30. The average Bonchev–Trinajstić information content (AvgIpc) is 2.82. The van der Waals surface area contributed by atoms with E-state index in [0.29, 0.717) is 23.4 Å². The van der Waals surface area contributed by atoms with Gasteiger partial charge in [0.1, 0.15) is 24.0 Å². The second-order valence-corrected chi connectivity index (χ2v) is 9.61. The predicted molar refractivity (Wildman–Crippen MR) is 147 cm³/mol. The summed E-state index contributed by atoms with van der Waals surface area (Å²) in [6, 6.07) is 20.1. The molecule has 0 fully saturated rings. The van der Waals surface area contributed by atoms with Crippen LogP contribution in [0.2, 0.25) is 0 Å². The van der Waals surface area contributed by atoms with Crippen LogP contribution in [0.15, 0.2) is 66.2 Å². The van der Waals surface area contributed by atoms with Gasteiger partial charge in [-0.2, -0.15) is 5.26 Å². The molecule has 8 heteroatoms. The lowest BCUT2D eigenvalue weighted by molar-refractivity contribution is -0.112. The number of methoxy groups -OCH3 is 1. The Hall–Kier alpha value is -2.91. The molecule has 34 heavy (non-hydrogen) atoms. The normalized spacial score (nSPS) is 10.9. The molecule has 0 radical (unpaired) electrons. The van der Waals surface area contributed by atoms with Gasteiger partial charge in [0.15, 0.2) is 0 Å². The zero-order valence-corrected chi connectivity index (χ0v) is 22.7. The number of ether oxygens (including phenoxy) is 2. The van der Waals surface area contributed by atoms with Gasteiger partial charge in [0.05, 0.1) is 19.8 Å². The van der Waals surface area contributed by atoms with Crippen molar-refractivity contribution in [3.05, 3.63) is 95.6 Å². The number of anilines is 1. The lowest BCUT2D eigenvalue weighted by Gasteiger charge is -2.12. The fraction of sp³-hybridized carbons (Fsp3) is 0.115. The van der Waals surface area contributed by atoms with Gasteiger partial charge in [0.25, 0.3) is 5.91 Å². The summed E-state index contributed by atoms with van der Waals surface area (Å²) < 4.78 is 12.5. The van der Waals surface area contributed by atoms with Crippen molar-refractivity contribution in [3.63, 3.8) is 0 Å². The largest absolute Gasteiger partial charge is 0.487 e. The highest BCUT2D eigenvalue weighted by Gasteiger charge is 2.13. The molecule has 0 unspecified atom stereocenters. The second kappa shape index (κ2) is 12.0. The van der Waals surface area contributed by atoms with E-state index in [2.05, 4.69) is 61.3 Å². The summed E-state index contributed by atoms with van der Waals surface area (Å²) in [6.07, 6.45) is 1.53. The van der Waals surface area contributed by atoms with Crippen molar-refractivity contribution >= 4 is 68.8 Å². The quantitative estimate of drug-likeness (QED) is 0.141. The maximum atomic E-state index is 12.6. The molecule has 1 N–H and O–H groups in total. The average molecular weight is 678 g/mol. The molecule has 0 aliphatic heterocycles. The molecule has 0 heterocycles. The summed E-state index contributed by atoms with van der Waals surface area (Å²) in [4.78, 5) is 24.2. The molecule has 3 aromatic rings. The number of amides is 1. The monoisotopic (exact) mass is 678 g/mol. The van der Waals surface area contributed by atoms with Crippen LogP contribution in [-0.2, 0) is 16.1 Å². The van der Waals surface area contributed by atoms with Crippen molar-refractivity contribution < 1.29 is 19.1 Å². The molecule has 0 spiro atoms. The first kappa shape index (κ1) is 25.7. The summed E-state index contributed by atoms with van der Waals surface area (Å²) >= 11 is 4.37. The minimum atomic E-state index is -0.543. The molecular formula is C26H20I2N2O4. The van der Waals surface area contributed by atoms with Crippen molar-refractivity contribution in [1.82, 2.24) is 0 Å². The number of halogens is 2. The SMILES string of the molecule is COC(=O)c1ccc(NC(=O)/C(C#N)=C/c2cc(I)c(OCc3cccc(C)c3)c(I)c2)cc1. The van der Waals surface area contributed by atoms with E-state index in [4.69, 9.17) is 4.74 Å². The number of carbonyl (C=O) groups is 2. The number of hydrogen-bond donors (Lipinski definition) is 1. The van der Waals surface area contributed by atoms with Crippen molar-refractivity contribution in [2.24, 2.45) is 0 Å². The van der Waals surface area contributed by atoms with E-state index in [1.165, 1.54) is 30.9 Å². The Labute approximate surface area is 225 Å². The van der Waals surface area contributed by atoms with Gasteiger partial charge in [-0.05, 0) is 106 Å². The first-order valence-electron chi connectivity index (χ1n) is 10.1. The Balaban J connectivity index is 1.74. The van der Waals surface area contributed by atoms with E-state index in [1.54, 1.807) is 12.1 Å². The van der Waals surface area contributed by atoms with Crippen LogP contribution in [0.25, 0.3) is 6.08 Å². The van der Waals surface area contributed by atoms with Crippen molar-refractivity contribution in [3.8, 4) is 11.8 Å². The molecule has 0 bridgehead atoms. The third-order valence-electron chi connectivity index (χ3n) is 4.73. The molecule has 3 rings (SSSR count). The van der Waals surface area contributed by atoms with E-state index in [-0.39, 0.29) is 5.57 Å². The van der Waals surface area contributed by atoms with E-state index >= 15 is 0 Å². The molecule has 0 aromatic heterocycles. The number of hydrogen-bond acceptors (Lipinski definition) is 5. The van der Waals surface area contributed by atoms with Gasteiger partial charge < -0.3 is 14.8 Å². The molecule has 172 valence electrons. The van der Waals surface area contributed by atoms with Gasteiger partial charge in [0, 0.05) is 5.69 Å². The Bertz CT molecular complexity index is 1270. The van der Waals surface area contributed by atoms with E-state index in [1.807, 2.05) is 43.3 Å². The highest BCUT2D eigenvalue weighted by molar-refractivity contribution is 14.1. The van der Waals surface area contributed by atoms with Crippen LogP contribution >= 0.6 is 45.2 Å². The molecule has 1 amide bonds. The third-order valence-corrected chi connectivity index (χ3v) is 6.33. The smallest absolute Gasteiger partial charge is 0.337 e. The fourth-order valence-electron chi connectivity index (χ4n) is 3.08. The zero-order valence-electron chi connectivity index (χ0n) is 18.4. The van der Waals surface area contributed by atoms with Gasteiger partial charge in [-0.25, -0.2) is 4.79 Å². The van der Waals surface area contributed by atoms with Crippen LogP contribution in [0.3, 0.4) is 0 Å². The molecule has 0 aliphatic carbocycles. The number of carbonyl (C=O) groups excluding carboxylic acids is 2. The van der Waals surface area contributed by atoms with Crippen molar-refractivity contribution in [1.29, 1.82) is 5.26 Å². The predicted octanol–water partition coefficient (Wildman–Crippen LogP) is 6.12. The minimum absolute atomic E-state index is 0.0444. The molecule has 0 saturated carbocycles. The van der Waals surface area contributed by atoms with Crippen LogP contribution in [0.1, 0.15) is 27.0 Å². The van der Waals surface area contributed by atoms with Crippen molar-refractivity contribution in [2.75, 3.05) is 12.4 Å². The first-order chi connectivity index (χ1) is 16.3. The number of nitrogens with one attached hydrogen (secondary N) is 1. The van der Waals surface area contributed by atoms with Gasteiger partial charge >= 0.3 is 5.97 Å². The van der Waals surface area contributed by atoms with Crippen molar-refractivity contribution in [2.45, 2.75) is 13.5 Å². The van der Waals surface area contributed by atoms with Gasteiger partial charge in [0.2, 0.25) is 0 Å². The Morgan fingerprint density at radius 2 is 1.74 bits per heavy atom. The van der Waals surface area contributed by atoms with Gasteiger partial charge in [-0.1, -0.05) is 29.8 Å². The molecule has 0 atom stereocenters. The number of aryl methyl sites for hydroxylation is 1. The molecular weight excluding hydrogens is 658 g/mol. The number of nitrogens with zero attached hydrogens (tertiary/aromatic N) is 1. The number of esters is 1. The van der Waals surface area contributed by atoms with Gasteiger partial charge in [-0.3, -0.25) is 4.79 Å². The topological polar surface area (TPSA) is 88.4 Å². The summed E-state index contributed by atoms with van der Waals surface area (Å²) in [5.41, 5.74) is 3.75. The Morgan fingerprint density at radius 1 is 1.06 bits per heavy atom. The lowest BCUT2D eigenvalue weighted by Crippen LogP contribution is -2.13. The number of benzene rings is 3. The fourth-order valence-corrected chi connectivity index (χ4v) is 5.21. The lowest BCUT2D eigenvalue weighted by atomic mass is 10.1. The minimum Gasteiger partial charge on any atom is -0.487 e. The highest BCUT2D eigenvalue weighted by atomic mass is 127. The van der Waals surface area contributed by atoms with Crippen LogP contribution < -0.4 is 10.1 Å².